The number of nitrogens with zero attached hydrogens (tertiary/aromatic N) is 3. The summed E-state index contributed by atoms with van der Waals surface area (Å²) in [5, 5.41) is 13.8. The van der Waals surface area contributed by atoms with E-state index < -0.39 is 0 Å². The zero-order chi connectivity index (χ0) is 19.5. The maximum Gasteiger partial charge on any atom is 0.172 e. The van der Waals surface area contributed by atoms with Crippen molar-refractivity contribution in [1.29, 1.82) is 0 Å². The molecule has 28 heavy (non-hydrogen) atoms. The first kappa shape index (κ1) is 17.4. The Morgan fingerprint density at radius 1 is 1.39 bits per heavy atom. The Balaban J connectivity index is 1.51. The number of Topliss-reactive ketones (excluding diaryl/α,β-unsaturated/α-hetero) is 1. The highest BCUT2D eigenvalue weighted by molar-refractivity contribution is 6.02. The van der Waals surface area contributed by atoms with Crippen molar-refractivity contribution in [3.63, 3.8) is 0 Å². The summed E-state index contributed by atoms with van der Waals surface area (Å²) < 4.78 is 7.72. The highest BCUT2D eigenvalue weighted by Crippen LogP contribution is 2.50. The maximum absolute atomic E-state index is 13.1. The zero-order valence-electron chi connectivity index (χ0n) is 16.1. The Morgan fingerprint density at radius 2 is 2.25 bits per heavy atom. The van der Waals surface area contributed by atoms with Crippen LogP contribution in [0.1, 0.15) is 53.2 Å². The molecule has 1 saturated carbocycles. The molecule has 0 saturated heterocycles. The first-order valence-corrected chi connectivity index (χ1v) is 9.72. The number of aliphatic hydroxyl groups is 1. The van der Waals surface area contributed by atoms with Crippen molar-refractivity contribution >= 4 is 11.4 Å². The maximum atomic E-state index is 13.1. The van der Waals surface area contributed by atoms with Crippen molar-refractivity contribution in [2.24, 2.45) is 5.92 Å². The number of carbonyl (C=O) groups is 1. The summed E-state index contributed by atoms with van der Waals surface area (Å²) >= 11 is 0. The SMILES string of the molecule is CC1(C)Cc2cc(CC(=O)c3cnn4cccnc34)c([C@@H]3C[C@H]3CO)cc2O1. The molecular weight excluding hydrogens is 354 g/mol. The van der Waals surface area contributed by atoms with Crippen LogP contribution in [-0.4, -0.2) is 37.7 Å². The van der Waals surface area contributed by atoms with Gasteiger partial charge < -0.3 is 9.84 Å². The second kappa shape index (κ2) is 6.14. The molecule has 2 aliphatic rings. The normalized spacial score (nSPS) is 22.1. The highest BCUT2D eigenvalue weighted by Gasteiger charge is 2.41. The lowest BCUT2D eigenvalue weighted by Gasteiger charge is -2.17. The van der Waals surface area contributed by atoms with Crippen LogP contribution in [0.3, 0.4) is 0 Å². The Kier molecular flexibility index (Phi) is 3.81. The minimum atomic E-state index is -0.228. The summed E-state index contributed by atoms with van der Waals surface area (Å²) in [4.78, 5) is 17.4. The molecule has 5 rings (SSSR count). The fourth-order valence-corrected chi connectivity index (χ4v) is 4.34. The summed E-state index contributed by atoms with van der Waals surface area (Å²) in [7, 11) is 0. The monoisotopic (exact) mass is 377 g/mol. The van der Waals surface area contributed by atoms with Crippen molar-refractivity contribution < 1.29 is 14.6 Å². The molecule has 1 fully saturated rings. The van der Waals surface area contributed by atoms with Gasteiger partial charge in [0, 0.05) is 31.8 Å². The number of aliphatic hydroxyl groups excluding tert-OH is 1. The molecule has 3 aromatic rings. The third kappa shape index (κ3) is 2.88. The predicted molar refractivity (Wildman–Crippen MR) is 104 cm³/mol. The minimum Gasteiger partial charge on any atom is -0.487 e. The number of aromatic nitrogens is 3. The third-order valence-electron chi connectivity index (χ3n) is 5.81. The molecule has 6 heteroatoms. The van der Waals surface area contributed by atoms with Gasteiger partial charge in [0.2, 0.25) is 0 Å². The van der Waals surface area contributed by atoms with E-state index in [1.54, 1.807) is 29.2 Å². The smallest absolute Gasteiger partial charge is 0.172 e. The molecule has 1 aromatic carbocycles. The number of benzene rings is 1. The lowest BCUT2D eigenvalue weighted by Crippen LogP contribution is -2.24. The van der Waals surface area contributed by atoms with Crippen molar-refractivity contribution in [2.45, 2.75) is 44.6 Å². The second-order valence-electron chi connectivity index (χ2n) is 8.53. The summed E-state index contributed by atoms with van der Waals surface area (Å²) in [6, 6.07) is 6.02. The Morgan fingerprint density at radius 3 is 3.04 bits per heavy atom. The average Bonchev–Trinajstić information content (AvgIpc) is 3.20. The van der Waals surface area contributed by atoms with Gasteiger partial charge in [-0.25, -0.2) is 9.50 Å². The van der Waals surface area contributed by atoms with Crippen LogP contribution in [-0.2, 0) is 12.8 Å². The quantitative estimate of drug-likeness (QED) is 0.692. The molecule has 6 nitrogen and oxygen atoms in total. The fraction of sp³-hybridized carbons (Fsp3) is 0.409. The number of fused-ring (bicyclic) bond motifs is 2. The summed E-state index contributed by atoms with van der Waals surface area (Å²) in [5.41, 5.74) is 4.21. The van der Waals surface area contributed by atoms with Crippen molar-refractivity contribution in [3.05, 3.63) is 59.0 Å². The van der Waals surface area contributed by atoms with Crippen LogP contribution in [0.2, 0.25) is 0 Å². The topological polar surface area (TPSA) is 76.7 Å². The van der Waals surface area contributed by atoms with Gasteiger partial charge in [0.25, 0.3) is 0 Å². The number of hydrogen-bond donors (Lipinski definition) is 1. The first-order chi connectivity index (χ1) is 13.4. The van der Waals surface area contributed by atoms with E-state index in [0.29, 0.717) is 23.5 Å². The van der Waals surface area contributed by atoms with Gasteiger partial charge in [-0.2, -0.15) is 5.10 Å². The van der Waals surface area contributed by atoms with Gasteiger partial charge in [-0.15, -0.1) is 0 Å². The number of rotatable bonds is 5. The molecule has 1 aliphatic carbocycles. The summed E-state index contributed by atoms with van der Waals surface area (Å²) in [6.45, 7) is 4.34. The van der Waals surface area contributed by atoms with Crippen LogP contribution in [0.15, 0.2) is 36.8 Å². The third-order valence-corrected chi connectivity index (χ3v) is 5.81. The van der Waals surface area contributed by atoms with Crippen LogP contribution < -0.4 is 4.74 Å². The Bertz CT molecular complexity index is 1090. The van der Waals surface area contributed by atoms with E-state index in [-0.39, 0.29) is 23.9 Å². The molecule has 2 aromatic heterocycles. The van der Waals surface area contributed by atoms with Crippen LogP contribution in [0.25, 0.3) is 5.65 Å². The lowest BCUT2D eigenvalue weighted by atomic mass is 9.92. The lowest BCUT2D eigenvalue weighted by molar-refractivity contribution is 0.0994. The standard InChI is InChI=1S/C22H23N3O3/c1-22(2)10-14-6-13(17(9-20(14)28-22)16-7-15(16)12-26)8-19(27)18-11-24-25-5-3-4-23-21(18)25/h3-6,9,11,15-16,26H,7-8,10,12H2,1-2H3/t15-,16+/m0/s1. The first-order valence-electron chi connectivity index (χ1n) is 9.72. The van der Waals surface area contributed by atoms with E-state index in [1.165, 1.54) is 0 Å². The Labute approximate surface area is 163 Å². The van der Waals surface area contributed by atoms with Gasteiger partial charge in [0.1, 0.15) is 11.4 Å². The van der Waals surface area contributed by atoms with E-state index in [2.05, 4.69) is 36.1 Å². The van der Waals surface area contributed by atoms with Gasteiger partial charge >= 0.3 is 0 Å². The van der Waals surface area contributed by atoms with Crippen molar-refractivity contribution in [2.75, 3.05) is 6.61 Å². The predicted octanol–water partition coefficient (Wildman–Crippen LogP) is 2.96. The molecule has 0 spiro atoms. The molecule has 3 heterocycles. The van der Waals surface area contributed by atoms with Crippen LogP contribution >= 0.6 is 0 Å². The molecule has 144 valence electrons. The molecule has 1 N–H and O–H groups in total. The molecule has 2 atom stereocenters. The number of carbonyl (C=O) groups excluding carboxylic acids is 1. The van der Waals surface area contributed by atoms with Gasteiger partial charge in [0.15, 0.2) is 11.4 Å². The van der Waals surface area contributed by atoms with Gasteiger partial charge in [-0.3, -0.25) is 4.79 Å². The molecule has 0 bridgehead atoms. The Hall–Kier alpha value is -2.73. The number of ketones is 1. The van der Waals surface area contributed by atoms with E-state index in [0.717, 1.165) is 35.3 Å². The van der Waals surface area contributed by atoms with Crippen LogP contribution in [0.4, 0.5) is 0 Å². The second-order valence-corrected chi connectivity index (χ2v) is 8.53. The van der Waals surface area contributed by atoms with Crippen molar-refractivity contribution in [1.82, 2.24) is 14.6 Å². The van der Waals surface area contributed by atoms with E-state index in [1.807, 2.05) is 0 Å². The summed E-state index contributed by atoms with van der Waals surface area (Å²) in [6.07, 6.45) is 7.14. The number of ether oxygens (including phenoxy) is 1. The van der Waals surface area contributed by atoms with Crippen LogP contribution in [0.5, 0.6) is 5.75 Å². The fourth-order valence-electron chi connectivity index (χ4n) is 4.34. The van der Waals surface area contributed by atoms with Gasteiger partial charge in [-0.1, -0.05) is 6.07 Å². The molecule has 0 amide bonds. The molecule has 0 radical (unpaired) electrons. The summed E-state index contributed by atoms with van der Waals surface area (Å²) in [5.74, 6) is 1.50. The molecule has 0 unspecified atom stereocenters. The van der Waals surface area contributed by atoms with E-state index >= 15 is 0 Å². The molecule has 1 aliphatic heterocycles. The zero-order valence-corrected chi connectivity index (χ0v) is 16.1. The average molecular weight is 377 g/mol. The van der Waals surface area contributed by atoms with Gasteiger partial charge in [0.05, 0.1) is 11.8 Å². The van der Waals surface area contributed by atoms with Crippen molar-refractivity contribution in [3.8, 4) is 5.75 Å². The highest BCUT2D eigenvalue weighted by atomic mass is 16.5. The molecular formula is C22H23N3O3. The largest absolute Gasteiger partial charge is 0.487 e. The minimum absolute atomic E-state index is 0.00859. The van der Waals surface area contributed by atoms with E-state index in [9.17, 15) is 9.90 Å². The van der Waals surface area contributed by atoms with Crippen LogP contribution in [0, 0.1) is 5.92 Å². The van der Waals surface area contributed by atoms with Gasteiger partial charge in [-0.05, 0) is 60.9 Å². The van der Waals surface area contributed by atoms with E-state index in [4.69, 9.17) is 4.74 Å². The number of hydrogen-bond acceptors (Lipinski definition) is 5.